The van der Waals surface area contributed by atoms with Crippen LogP contribution in [0.1, 0.15) is 62.9 Å². The third kappa shape index (κ3) is 4.86. The van der Waals surface area contributed by atoms with Crippen LogP contribution in [0.25, 0.3) is 0 Å². The number of hydrogen-bond donors (Lipinski definition) is 1. The monoisotopic (exact) mass is 260 g/mol. The Labute approximate surface area is 107 Å². The van der Waals surface area contributed by atoms with E-state index in [-0.39, 0.29) is 6.10 Å². The topological polar surface area (TPSA) is 20.2 Å². The van der Waals surface area contributed by atoms with Gasteiger partial charge in [-0.3, -0.25) is 0 Å². The molecular formula is C13H21ClOS. The van der Waals surface area contributed by atoms with Crippen molar-refractivity contribution in [1.29, 1.82) is 0 Å². The smallest absolute Gasteiger partial charge is 0.0896 e. The third-order valence-electron chi connectivity index (χ3n) is 2.78. The minimum atomic E-state index is -0.362. The van der Waals surface area contributed by atoms with Gasteiger partial charge in [-0.15, -0.1) is 11.3 Å². The summed E-state index contributed by atoms with van der Waals surface area (Å²) in [5.74, 6) is 0. The Morgan fingerprint density at radius 1 is 1.25 bits per heavy atom. The van der Waals surface area contributed by atoms with Gasteiger partial charge in [0.15, 0.2) is 0 Å². The molecule has 0 amide bonds. The first-order valence-corrected chi connectivity index (χ1v) is 7.42. The summed E-state index contributed by atoms with van der Waals surface area (Å²) in [5.41, 5.74) is 0. The van der Waals surface area contributed by atoms with Crippen molar-refractivity contribution >= 4 is 22.9 Å². The standard InChI is InChI=1S/C13H21ClOS/c1-2-3-4-5-6-7-8-12(15)13-11(14)9-10-16-13/h9-10,12,15H,2-8H2,1H3. The summed E-state index contributed by atoms with van der Waals surface area (Å²) in [5, 5.41) is 12.6. The average Bonchev–Trinajstić information content (AvgIpc) is 2.69. The molecule has 0 bridgehead atoms. The van der Waals surface area contributed by atoms with Crippen molar-refractivity contribution in [2.24, 2.45) is 0 Å². The fourth-order valence-electron chi connectivity index (χ4n) is 1.79. The minimum absolute atomic E-state index is 0.362. The second-order valence-corrected chi connectivity index (χ2v) is 5.56. The lowest BCUT2D eigenvalue weighted by Gasteiger charge is -2.08. The van der Waals surface area contributed by atoms with Crippen LogP contribution in [0.4, 0.5) is 0 Å². The van der Waals surface area contributed by atoms with Crippen LogP contribution in [0, 0.1) is 0 Å². The van der Waals surface area contributed by atoms with Crippen molar-refractivity contribution in [2.45, 2.75) is 58.0 Å². The van der Waals surface area contributed by atoms with E-state index in [1.165, 1.54) is 32.1 Å². The van der Waals surface area contributed by atoms with Crippen molar-refractivity contribution in [3.63, 3.8) is 0 Å². The summed E-state index contributed by atoms with van der Waals surface area (Å²) >= 11 is 7.51. The van der Waals surface area contributed by atoms with Crippen molar-refractivity contribution in [3.8, 4) is 0 Å². The zero-order valence-corrected chi connectivity index (χ0v) is 11.5. The van der Waals surface area contributed by atoms with Crippen LogP contribution in [0.2, 0.25) is 5.02 Å². The van der Waals surface area contributed by atoms with Gasteiger partial charge in [-0.05, 0) is 17.9 Å². The zero-order chi connectivity index (χ0) is 11.8. The maximum absolute atomic E-state index is 9.92. The minimum Gasteiger partial charge on any atom is -0.388 e. The fraction of sp³-hybridized carbons (Fsp3) is 0.692. The highest BCUT2D eigenvalue weighted by Gasteiger charge is 2.12. The number of rotatable bonds is 8. The number of aliphatic hydroxyl groups excluding tert-OH is 1. The van der Waals surface area contributed by atoms with Crippen LogP contribution in [0.15, 0.2) is 11.4 Å². The highest BCUT2D eigenvalue weighted by molar-refractivity contribution is 7.10. The Balaban J connectivity index is 2.11. The summed E-state index contributed by atoms with van der Waals surface area (Å²) in [6.45, 7) is 2.22. The molecule has 16 heavy (non-hydrogen) atoms. The maximum Gasteiger partial charge on any atom is 0.0896 e. The average molecular weight is 261 g/mol. The first kappa shape index (κ1) is 14.0. The zero-order valence-electron chi connectivity index (χ0n) is 9.92. The van der Waals surface area contributed by atoms with E-state index in [1.54, 1.807) is 11.3 Å². The molecule has 92 valence electrons. The third-order valence-corrected chi connectivity index (χ3v) is 4.24. The molecule has 1 aromatic rings. The number of halogens is 1. The van der Waals surface area contributed by atoms with Crippen LogP contribution in [-0.4, -0.2) is 5.11 Å². The normalized spacial score (nSPS) is 12.9. The number of unbranched alkanes of at least 4 members (excludes halogenated alkanes) is 5. The van der Waals surface area contributed by atoms with E-state index >= 15 is 0 Å². The van der Waals surface area contributed by atoms with Crippen molar-refractivity contribution in [2.75, 3.05) is 0 Å². The van der Waals surface area contributed by atoms with E-state index in [4.69, 9.17) is 11.6 Å². The van der Waals surface area contributed by atoms with Gasteiger partial charge in [0.05, 0.1) is 16.0 Å². The van der Waals surface area contributed by atoms with Gasteiger partial charge in [-0.2, -0.15) is 0 Å². The molecule has 0 fully saturated rings. The Kier molecular flexibility index (Phi) is 7.10. The summed E-state index contributed by atoms with van der Waals surface area (Å²) in [6.07, 6.45) is 8.03. The maximum atomic E-state index is 9.92. The van der Waals surface area contributed by atoms with Gasteiger partial charge in [-0.1, -0.05) is 57.0 Å². The Bertz CT molecular complexity index is 285. The van der Waals surface area contributed by atoms with Crippen LogP contribution < -0.4 is 0 Å². The van der Waals surface area contributed by atoms with E-state index in [0.29, 0.717) is 5.02 Å². The van der Waals surface area contributed by atoms with Gasteiger partial charge in [0, 0.05) is 0 Å². The molecule has 0 saturated carbocycles. The molecule has 0 aliphatic rings. The lowest BCUT2D eigenvalue weighted by Crippen LogP contribution is -1.95. The molecule has 1 nitrogen and oxygen atoms in total. The molecule has 0 aliphatic carbocycles. The van der Waals surface area contributed by atoms with E-state index in [9.17, 15) is 5.11 Å². The van der Waals surface area contributed by atoms with Crippen molar-refractivity contribution in [1.82, 2.24) is 0 Å². The van der Waals surface area contributed by atoms with Crippen molar-refractivity contribution in [3.05, 3.63) is 21.3 Å². The molecule has 3 heteroatoms. The Hall–Kier alpha value is -0.0500. The SMILES string of the molecule is CCCCCCCCC(O)c1sccc1Cl. The second kappa shape index (κ2) is 8.10. The van der Waals surface area contributed by atoms with Crippen LogP contribution in [0.3, 0.4) is 0 Å². The first-order chi connectivity index (χ1) is 7.75. The molecule has 0 radical (unpaired) electrons. The van der Waals surface area contributed by atoms with Crippen LogP contribution in [0.5, 0.6) is 0 Å². The van der Waals surface area contributed by atoms with Gasteiger partial charge in [-0.25, -0.2) is 0 Å². The Morgan fingerprint density at radius 2 is 1.94 bits per heavy atom. The van der Waals surface area contributed by atoms with E-state index in [1.807, 2.05) is 11.4 Å². The summed E-state index contributed by atoms with van der Waals surface area (Å²) < 4.78 is 0. The number of aliphatic hydroxyl groups is 1. The molecule has 0 saturated heterocycles. The van der Waals surface area contributed by atoms with Crippen LogP contribution in [-0.2, 0) is 0 Å². The number of thiophene rings is 1. The molecular weight excluding hydrogens is 240 g/mol. The predicted octanol–water partition coefficient (Wildman–Crippen LogP) is 5.19. The molecule has 1 aromatic heterocycles. The van der Waals surface area contributed by atoms with Gasteiger partial charge in [0.1, 0.15) is 0 Å². The van der Waals surface area contributed by atoms with Gasteiger partial charge in [0.2, 0.25) is 0 Å². The summed E-state index contributed by atoms with van der Waals surface area (Å²) in [6, 6.07) is 1.85. The largest absolute Gasteiger partial charge is 0.388 e. The molecule has 0 aromatic carbocycles. The molecule has 1 heterocycles. The van der Waals surface area contributed by atoms with E-state index in [2.05, 4.69) is 6.92 Å². The summed E-state index contributed by atoms with van der Waals surface area (Å²) in [7, 11) is 0. The molecule has 1 N–H and O–H groups in total. The van der Waals surface area contributed by atoms with Gasteiger partial charge >= 0.3 is 0 Å². The van der Waals surface area contributed by atoms with E-state index < -0.39 is 0 Å². The molecule has 1 rings (SSSR count). The van der Waals surface area contributed by atoms with Crippen molar-refractivity contribution < 1.29 is 5.11 Å². The van der Waals surface area contributed by atoms with E-state index in [0.717, 1.165) is 17.7 Å². The lowest BCUT2D eigenvalue weighted by atomic mass is 10.1. The van der Waals surface area contributed by atoms with Gasteiger partial charge in [0.25, 0.3) is 0 Å². The quantitative estimate of drug-likeness (QED) is 0.638. The lowest BCUT2D eigenvalue weighted by molar-refractivity contribution is 0.167. The molecule has 1 atom stereocenters. The number of hydrogen-bond acceptors (Lipinski definition) is 2. The summed E-state index contributed by atoms with van der Waals surface area (Å²) in [4.78, 5) is 0.926. The molecule has 0 spiro atoms. The molecule has 0 aliphatic heterocycles. The second-order valence-electron chi connectivity index (χ2n) is 4.21. The highest BCUT2D eigenvalue weighted by Crippen LogP contribution is 2.31. The highest BCUT2D eigenvalue weighted by atomic mass is 35.5. The predicted molar refractivity (Wildman–Crippen MR) is 72.3 cm³/mol. The Morgan fingerprint density at radius 3 is 2.56 bits per heavy atom. The molecule has 1 unspecified atom stereocenters. The van der Waals surface area contributed by atoms with Gasteiger partial charge < -0.3 is 5.11 Å². The fourth-order valence-corrected chi connectivity index (χ4v) is 3.00. The van der Waals surface area contributed by atoms with Crippen LogP contribution >= 0.6 is 22.9 Å². The first-order valence-electron chi connectivity index (χ1n) is 6.16.